The van der Waals surface area contributed by atoms with Gasteiger partial charge in [0.1, 0.15) is 17.4 Å². The van der Waals surface area contributed by atoms with Crippen molar-refractivity contribution in [3.63, 3.8) is 0 Å². The summed E-state index contributed by atoms with van der Waals surface area (Å²) in [7, 11) is 0. The fraction of sp³-hybridized carbons (Fsp3) is 0.182. The summed E-state index contributed by atoms with van der Waals surface area (Å²) in [4.78, 5) is 20.4. The summed E-state index contributed by atoms with van der Waals surface area (Å²) in [6.45, 7) is 2.01. The minimum absolute atomic E-state index is 0.0228. The van der Waals surface area contributed by atoms with Crippen molar-refractivity contribution in [3.05, 3.63) is 82.4 Å². The van der Waals surface area contributed by atoms with Gasteiger partial charge in [0, 0.05) is 22.8 Å². The van der Waals surface area contributed by atoms with E-state index >= 15 is 0 Å². The van der Waals surface area contributed by atoms with Gasteiger partial charge >= 0.3 is 12.1 Å². The zero-order valence-electron chi connectivity index (χ0n) is 17.2. The highest BCUT2D eigenvalue weighted by Gasteiger charge is 2.32. The molecule has 4 aromatic rings. The first-order valence-electron chi connectivity index (χ1n) is 9.66. The van der Waals surface area contributed by atoms with Crippen LogP contribution in [-0.2, 0) is 19.3 Å². The number of carboxylic acid groups (broad SMARTS) is 1. The summed E-state index contributed by atoms with van der Waals surface area (Å²) in [5.41, 5.74) is 0.637. The lowest BCUT2D eigenvalue weighted by Crippen LogP contribution is -2.06. The van der Waals surface area contributed by atoms with Crippen LogP contribution in [0.15, 0.2) is 55.0 Å². The lowest BCUT2D eigenvalue weighted by Gasteiger charge is -2.12. The molecule has 1 aromatic carbocycles. The number of pyridine rings is 1. The highest BCUT2D eigenvalue weighted by Crippen LogP contribution is 2.37. The van der Waals surface area contributed by atoms with Crippen LogP contribution in [0.25, 0.3) is 10.6 Å². The van der Waals surface area contributed by atoms with Gasteiger partial charge in [0.2, 0.25) is 0 Å². The predicted octanol–water partition coefficient (Wildman–Crippen LogP) is 5.05. The van der Waals surface area contributed by atoms with E-state index in [0.717, 1.165) is 17.0 Å². The third kappa shape index (κ3) is 5.37. The van der Waals surface area contributed by atoms with Gasteiger partial charge in [0.25, 0.3) is 0 Å². The van der Waals surface area contributed by atoms with Gasteiger partial charge in [-0.05, 0) is 37.3 Å². The SMILES string of the molecule is Cc1sc(-c2cc(OCc3ccccn3)cc(C(F)(F)F)c2)nc1Cn1cc(C(=O)O)cn1. The normalized spacial score (nSPS) is 11.5. The number of carbonyl (C=O) groups is 1. The van der Waals surface area contributed by atoms with E-state index in [4.69, 9.17) is 9.84 Å². The summed E-state index contributed by atoms with van der Waals surface area (Å²) >= 11 is 1.24. The molecule has 0 aliphatic heterocycles. The molecular weight excluding hydrogens is 457 g/mol. The molecule has 0 saturated heterocycles. The van der Waals surface area contributed by atoms with E-state index < -0.39 is 17.7 Å². The Balaban J connectivity index is 1.63. The Morgan fingerprint density at radius 1 is 1.24 bits per heavy atom. The van der Waals surface area contributed by atoms with Gasteiger partial charge in [-0.25, -0.2) is 9.78 Å². The van der Waals surface area contributed by atoms with Crippen LogP contribution in [0.1, 0.15) is 32.2 Å². The largest absolute Gasteiger partial charge is 0.487 e. The smallest absolute Gasteiger partial charge is 0.416 e. The Labute approximate surface area is 190 Å². The molecule has 0 fully saturated rings. The van der Waals surface area contributed by atoms with E-state index in [2.05, 4.69) is 15.1 Å². The lowest BCUT2D eigenvalue weighted by molar-refractivity contribution is -0.137. The average molecular weight is 474 g/mol. The van der Waals surface area contributed by atoms with E-state index in [1.54, 1.807) is 31.3 Å². The van der Waals surface area contributed by atoms with Crippen molar-refractivity contribution < 1.29 is 27.8 Å². The Bertz CT molecular complexity index is 1290. The topological polar surface area (TPSA) is 90.1 Å². The van der Waals surface area contributed by atoms with Gasteiger partial charge in [0.05, 0.1) is 35.3 Å². The van der Waals surface area contributed by atoms with Crippen LogP contribution in [0.2, 0.25) is 0 Å². The van der Waals surface area contributed by atoms with E-state index in [-0.39, 0.29) is 30.0 Å². The van der Waals surface area contributed by atoms with Gasteiger partial charge in [-0.2, -0.15) is 18.3 Å². The Morgan fingerprint density at radius 2 is 2.06 bits per heavy atom. The molecule has 4 rings (SSSR count). The van der Waals surface area contributed by atoms with Gasteiger partial charge < -0.3 is 9.84 Å². The molecule has 11 heteroatoms. The van der Waals surface area contributed by atoms with Gasteiger partial charge in [-0.3, -0.25) is 9.67 Å². The van der Waals surface area contributed by atoms with Gasteiger partial charge in [-0.1, -0.05) is 6.07 Å². The summed E-state index contributed by atoms with van der Waals surface area (Å²) in [6.07, 6.45) is -0.386. The molecule has 0 atom stereocenters. The molecule has 33 heavy (non-hydrogen) atoms. The summed E-state index contributed by atoms with van der Waals surface area (Å²) in [6, 6.07) is 8.71. The van der Waals surface area contributed by atoms with Crippen molar-refractivity contribution in [1.29, 1.82) is 0 Å². The lowest BCUT2D eigenvalue weighted by atomic mass is 10.1. The Hall–Kier alpha value is -3.73. The minimum atomic E-state index is -4.56. The van der Waals surface area contributed by atoms with Crippen LogP contribution >= 0.6 is 11.3 Å². The maximum absolute atomic E-state index is 13.5. The van der Waals surface area contributed by atoms with Crippen molar-refractivity contribution in [2.75, 3.05) is 0 Å². The van der Waals surface area contributed by atoms with E-state index in [1.807, 2.05) is 0 Å². The number of aromatic carboxylic acids is 1. The number of halogens is 3. The Kier molecular flexibility index (Phi) is 6.14. The monoisotopic (exact) mass is 474 g/mol. The van der Waals surface area contributed by atoms with Gasteiger partial charge in [-0.15, -0.1) is 11.3 Å². The van der Waals surface area contributed by atoms with E-state index in [9.17, 15) is 18.0 Å². The highest BCUT2D eigenvalue weighted by molar-refractivity contribution is 7.15. The average Bonchev–Trinajstić information content (AvgIpc) is 3.40. The van der Waals surface area contributed by atoms with Crippen LogP contribution in [-0.4, -0.2) is 30.8 Å². The third-order valence-electron chi connectivity index (χ3n) is 4.68. The van der Waals surface area contributed by atoms with Crippen LogP contribution in [0.5, 0.6) is 5.75 Å². The number of alkyl halides is 3. The van der Waals surface area contributed by atoms with E-state index in [0.29, 0.717) is 16.4 Å². The van der Waals surface area contributed by atoms with Crippen molar-refractivity contribution in [3.8, 4) is 16.3 Å². The number of hydrogen-bond acceptors (Lipinski definition) is 6. The number of carboxylic acids is 1. The third-order valence-corrected chi connectivity index (χ3v) is 5.74. The molecule has 0 radical (unpaired) electrons. The number of ether oxygens (including phenoxy) is 1. The van der Waals surface area contributed by atoms with Crippen LogP contribution < -0.4 is 4.74 Å². The number of aromatic nitrogens is 4. The number of rotatable bonds is 7. The van der Waals surface area contributed by atoms with Crippen LogP contribution in [0, 0.1) is 6.92 Å². The van der Waals surface area contributed by atoms with Crippen molar-refractivity contribution >= 4 is 17.3 Å². The predicted molar refractivity (Wildman–Crippen MR) is 114 cm³/mol. The standard InChI is InChI=1S/C22H17F3N4O3S/c1-13-19(11-29-10-15(9-27-29)21(30)31)28-20(33-13)14-6-16(22(23,24)25)8-18(7-14)32-12-17-4-2-3-5-26-17/h2-10H,11-12H2,1H3,(H,30,31). The molecule has 170 valence electrons. The quantitative estimate of drug-likeness (QED) is 0.403. The highest BCUT2D eigenvalue weighted by atomic mass is 32.1. The first-order chi connectivity index (χ1) is 15.7. The summed E-state index contributed by atoms with van der Waals surface area (Å²) in [5, 5.41) is 13.4. The maximum atomic E-state index is 13.5. The second-order valence-corrected chi connectivity index (χ2v) is 8.31. The van der Waals surface area contributed by atoms with E-state index in [1.165, 1.54) is 34.5 Å². The molecule has 7 nitrogen and oxygen atoms in total. The van der Waals surface area contributed by atoms with Crippen LogP contribution in [0.3, 0.4) is 0 Å². The molecule has 3 aromatic heterocycles. The molecule has 0 aliphatic carbocycles. The Morgan fingerprint density at radius 3 is 2.73 bits per heavy atom. The first kappa shape index (κ1) is 22.5. The fourth-order valence-corrected chi connectivity index (χ4v) is 3.93. The second kappa shape index (κ2) is 9.02. The molecule has 3 heterocycles. The molecule has 1 N–H and O–H groups in total. The zero-order chi connectivity index (χ0) is 23.6. The summed E-state index contributed by atoms with van der Waals surface area (Å²) < 4.78 is 47.6. The number of benzene rings is 1. The molecule has 0 unspecified atom stereocenters. The van der Waals surface area contributed by atoms with Crippen LogP contribution in [0.4, 0.5) is 13.2 Å². The zero-order valence-corrected chi connectivity index (χ0v) is 18.0. The second-order valence-electron chi connectivity index (χ2n) is 7.11. The number of aryl methyl sites for hydroxylation is 1. The first-order valence-corrected chi connectivity index (χ1v) is 10.5. The maximum Gasteiger partial charge on any atom is 0.416 e. The minimum Gasteiger partial charge on any atom is -0.487 e. The number of hydrogen-bond donors (Lipinski definition) is 1. The van der Waals surface area contributed by atoms with Crippen molar-refractivity contribution in [1.82, 2.24) is 19.7 Å². The number of nitrogens with zero attached hydrogens (tertiary/aromatic N) is 4. The van der Waals surface area contributed by atoms with Crippen molar-refractivity contribution in [2.45, 2.75) is 26.3 Å². The fourth-order valence-electron chi connectivity index (χ4n) is 3.02. The summed E-state index contributed by atoms with van der Waals surface area (Å²) in [5.74, 6) is -1.04. The molecular formula is C22H17F3N4O3S. The molecule has 0 spiro atoms. The molecule has 0 saturated carbocycles. The molecule has 0 aliphatic rings. The molecule has 0 bridgehead atoms. The molecule has 0 amide bonds. The number of thiazole rings is 1. The van der Waals surface area contributed by atoms with Gasteiger partial charge in [0.15, 0.2) is 0 Å². The van der Waals surface area contributed by atoms with Crippen molar-refractivity contribution in [2.24, 2.45) is 0 Å².